The molecule has 0 radical (unpaired) electrons. The van der Waals surface area contributed by atoms with E-state index >= 15 is 0 Å². The molecule has 0 saturated carbocycles. The van der Waals surface area contributed by atoms with E-state index in [-0.39, 0.29) is 11.5 Å². The predicted octanol–water partition coefficient (Wildman–Crippen LogP) is 2.32. The van der Waals surface area contributed by atoms with Crippen LogP contribution in [0, 0.1) is 6.92 Å². The van der Waals surface area contributed by atoms with Crippen LogP contribution in [0.5, 0.6) is 0 Å². The van der Waals surface area contributed by atoms with Gasteiger partial charge in [0, 0.05) is 11.7 Å². The van der Waals surface area contributed by atoms with Crippen molar-refractivity contribution in [3.05, 3.63) is 57.6 Å². The van der Waals surface area contributed by atoms with Gasteiger partial charge in [-0.25, -0.2) is 4.98 Å². The lowest BCUT2D eigenvalue weighted by Crippen LogP contribution is -2.18. The molecule has 0 saturated heterocycles. The Balaban J connectivity index is 2.14. The number of aromatic nitrogens is 2. The zero-order valence-corrected chi connectivity index (χ0v) is 10.3. The second kappa shape index (κ2) is 4.04. The lowest BCUT2D eigenvalue weighted by molar-refractivity contribution is 0.838. The number of fused-ring (bicyclic) bond motifs is 1. The lowest BCUT2D eigenvalue weighted by Gasteiger charge is -2.09. The molecule has 1 atom stereocenters. The second-order valence-electron chi connectivity index (χ2n) is 4.14. The Morgan fingerprint density at radius 1 is 1.35 bits per heavy atom. The Kier molecular flexibility index (Phi) is 2.52. The van der Waals surface area contributed by atoms with Crippen molar-refractivity contribution in [2.75, 3.05) is 5.75 Å². The van der Waals surface area contributed by atoms with Crippen LogP contribution in [0.1, 0.15) is 22.9 Å². The molecule has 3 rings (SSSR count). The first-order chi connectivity index (χ1) is 8.25. The highest BCUT2D eigenvalue weighted by atomic mass is 32.2. The van der Waals surface area contributed by atoms with Crippen molar-refractivity contribution in [2.24, 2.45) is 0 Å². The number of aromatic amines is 1. The van der Waals surface area contributed by atoms with E-state index in [1.54, 1.807) is 11.8 Å². The third-order valence-corrected chi connectivity index (χ3v) is 4.06. The van der Waals surface area contributed by atoms with Crippen molar-refractivity contribution in [2.45, 2.75) is 17.9 Å². The minimum atomic E-state index is 0.00588. The van der Waals surface area contributed by atoms with Gasteiger partial charge >= 0.3 is 0 Å². The van der Waals surface area contributed by atoms with Crippen molar-refractivity contribution in [1.29, 1.82) is 0 Å². The fourth-order valence-electron chi connectivity index (χ4n) is 2.18. The molecule has 0 aliphatic carbocycles. The summed E-state index contributed by atoms with van der Waals surface area (Å²) < 4.78 is 0. The first-order valence-corrected chi connectivity index (χ1v) is 6.53. The zero-order valence-electron chi connectivity index (χ0n) is 9.43. The largest absolute Gasteiger partial charge is 0.310 e. The third kappa shape index (κ3) is 1.78. The second-order valence-corrected chi connectivity index (χ2v) is 5.15. The average molecular weight is 244 g/mol. The Bertz CT molecular complexity index is 607. The summed E-state index contributed by atoms with van der Waals surface area (Å²) in [6.07, 6.45) is 0. The minimum Gasteiger partial charge on any atom is -0.310 e. The molecule has 1 unspecified atom stereocenters. The normalized spacial score (nSPS) is 18.1. The quantitative estimate of drug-likeness (QED) is 0.783. The van der Waals surface area contributed by atoms with Gasteiger partial charge in [0.25, 0.3) is 5.56 Å². The fourth-order valence-corrected chi connectivity index (χ4v) is 3.46. The predicted molar refractivity (Wildman–Crippen MR) is 68.6 cm³/mol. The summed E-state index contributed by atoms with van der Waals surface area (Å²) in [6, 6.07) is 10.1. The molecular weight excluding hydrogens is 232 g/mol. The molecule has 17 heavy (non-hydrogen) atoms. The maximum atomic E-state index is 12.0. The Morgan fingerprint density at radius 2 is 2.12 bits per heavy atom. The highest BCUT2D eigenvalue weighted by Gasteiger charge is 2.29. The van der Waals surface area contributed by atoms with Crippen molar-refractivity contribution in [1.82, 2.24) is 9.97 Å². The Labute approximate surface area is 103 Å². The monoisotopic (exact) mass is 244 g/mol. The summed E-state index contributed by atoms with van der Waals surface area (Å²) in [7, 11) is 0. The lowest BCUT2D eigenvalue weighted by atomic mass is 9.95. The average Bonchev–Trinajstić information content (AvgIpc) is 2.74. The van der Waals surface area contributed by atoms with Gasteiger partial charge in [-0.2, -0.15) is 0 Å². The molecule has 0 spiro atoms. The van der Waals surface area contributed by atoms with E-state index in [9.17, 15) is 4.79 Å². The van der Waals surface area contributed by atoms with Crippen LogP contribution in [-0.2, 0) is 0 Å². The topological polar surface area (TPSA) is 45.8 Å². The van der Waals surface area contributed by atoms with Crippen molar-refractivity contribution in [3.63, 3.8) is 0 Å². The van der Waals surface area contributed by atoms with E-state index in [2.05, 4.69) is 22.1 Å². The van der Waals surface area contributed by atoms with E-state index < -0.39 is 0 Å². The molecule has 1 aliphatic rings. The number of aryl methyl sites for hydroxylation is 1. The first kappa shape index (κ1) is 10.6. The Hall–Kier alpha value is -1.55. The fraction of sp³-hybridized carbons (Fsp3) is 0.231. The van der Waals surface area contributed by atoms with Gasteiger partial charge in [-0.15, -0.1) is 11.8 Å². The Morgan fingerprint density at radius 3 is 2.88 bits per heavy atom. The molecule has 2 aromatic rings. The van der Waals surface area contributed by atoms with Gasteiger partial charge < -0.3 is 4.98 Å². The van der Waals surface area contributed by atoms with Crippen molar-refractivity contribution < 1.29 is 0 Å². The molecule has 2 heterocycles. The summed E-state index contributed by atoms with van der Waals surface area (Å²) in [5.41, 5.74) is 2.02. The van der Waals surface area contributed by atoms with E-state index in [1.165, 1.54) is 5.56 Å². The van der Waals surface area contributed by atoms with E-state index in [0.717, 1.165) is 16.3 Å². The summed E-state index contributed by atoms with van der Waals surface area (Å²) in [5.74, 6) is 1.77. The van der Waals surface area contributed by atoms with Gasteiger partial charge in [0.05, 0.1) is 5.56 Å². The van der Waals surface area contributed by atoms with Crippen LogP contribution in [0.2, 0.25) is 0 Å². The number of H-pyrrole nitrogens is 1. The number of benzene rings is 1. The molecule has 0 fully saturated rings. The molecule has 0 bridgehead atoms. The summed E-state index contributed by atoms with van der Waals surface area (Å²) in [4.78, 5) is 19.2. The maximum Gasteiger partial charge on any atom is 0.255 e. The van der Waals surface area contributed by atoms with Crippen molar-refractivity contribution in [3.8, 4) is 0 Å². The summed E-state index contributed by atoms with van der Waals surface area (Å²) >= 11 is 1.67. The van der Waals surface area contributed by atoms with Gasteiger partial charge in [-0.05, 0) is 12.5 Å². The van der Waals surface area contributed by atoms with E-state index in [4.69, 9.17) is 0 Å². The molecule has 1 N–H and O–H groups in total. The number of nitrogens with zero attached hydrogens (tertiary/aromatic N) is 1. The van der Waals surface area contributed by atoms with Crippen LogP contribution in [0.4, 0.5) is 0 Å². The maximum absolute atomic E-state index is 12.0. The molecular formula is C13H12N2OS. The van der Waals surface area contributed by atoms with Crippen LogP contribution >= 0.6 is 11.8 Å². The molecule has 3 nitrogen and oxygen atoms in total. The van der Waals surface area contributed by atoms with E-state index in [1.807, 2.05) is 25.1 Å². The highest BCUT2D eigenvalue weighted by Crippen LogP contribution is 2.39. The molecule has 4 heteroatoms. The zero-order chi connectivity index (χ0) is 11.8. The third-order valence-electron chi connectivity index (χ3n) is 2.98. The van der Waals surface area contributed by atoms with Crippen LogP contribution in [0.25, 0.3) is 0 Å². The van der Waals surface area contributed by atoms with Gasteiger partial charge in [0.2, 0.25) is 0 Å². The van der Waals surface area contributed by atoms with Crippen LogP contribution in [-0.4, -0.2) is 15.7 Å². The number of hydrogen-bond acceptors (Lipinski definition) is 3. The molecule has 1 aliphatic heterocycles. The standard InChI is InChI=1S/C13H12N2OS/c1-8-14-12(16)11-10(7-17-13(11)15-8)9-5-3-2-4-6-9/h2-6,10H,7H2,1H3,(H,14,15,16). The van der Waals surface area contributed by atoms with Gasteiger partial charge in [-0.3, -0.25) is 4.79 Å². The minimum absolute atomic E-state index is 0.00588. The molecule has 86 valence electrons. The molecule has 0 amide bonds. The number of rotatable bonds is 1. The van der Waals surface area contributed by atoms with Gasteiger partial charge in [-0.1, -0.05) is 30.3 Å². The smallest absolute Gasteiger partial charge is 0.255 e. The summed E-state index contributed by atoms with van der Waals surface area (Å²) in [6.45, 7) is 1.82. The number of thioether (sulfide) groups is 1. The SMILES string of the molecule is Cc1nc2c(c(=O)[nH]1)C(c1ccccc1)CS2. The van der Waals surface area contributed by atoms with Crippen LogP contribution in [0.15, 0.2) is 40.2 Å². The number of nitrogens with one attached hydrogen (secondary N) is 1. The van der Waals surface area contributed by atoms with Crippen LogP contribution < -0.4 is 5.56 Å². The van der Waals surface area contributed by atoms with Gasteiger partial charge in [0.15, 0.2) is 0 Å². The van der Waals surface area contributed by atoms with E-state index in [0.29, 0.717) is 5.82 Å². The molecule has 1 aromatic heterocycles. The molecule has 1 aromatic carbocycles. The van der Waals surface area contributed by atoms with Gasteiger partial charge in [0.1, 0.15) is 10.9 Å². The first-order valence-electron chi connectivity index (χ1n) is 5.54. The summed E-state index contributed by atoms with van der Waals surface area (Å²) in [5, 5.41) is 0.889. The highest BCUT2D eigenvalue weighted by molar-refractivity contribution is 7.99. The number of hydrogen-bond donors (Lipinski definition) is 1. The van der Waals surface area contributed by atoms with Crippen LogP contribution in [0.3, 0.4) is 0 Å². The van der Waals surface area contributed by atoms with Crippen molar-refractivity contribution >= 4 is 11.8 Å².